The van der Waals surface area contributed by atoms with E-state index in [1.54, 1.807) is 11.3 Å². The Kier molecular flexibility index (Phi) is 6.55. The van der Waals surface area contributed by atoms with E-state index in [1.165, 1.54) is 10.7 Å². The molecule has 0 radical (unpaired) electrons. The zero-order chi connectivity index (χ0) is 17.5. The highest BCUT2D eigenvalue weighted by Gasteiger charge is 2.19. The molecule has 0 bridgehead atoms. The Hall–Kier alpha value is -1.76. The molecule has 0 aliphatic carbocycles. The lowest BCUT2D eigenvalue weighted by Crippen LogP contribution is -2.49. The molecule has 6 heteroatoms. The van der Waals surface area contributed by atoms with Crippen molar-refractivity contribution in [1.29, 1.82) is 0 Å². The highest BCUT2D eigenvalue weighted by molar-refractivity contribution is 7.09. The first kappa shape index (κ1) is 18.0. The molecule has 5 nitrogen and oxygen atoms in total. The Morgan fingerprint density at radius 1 is 1.16 bits per heavy atom. The predicted molar refractivity (Wildman–Crippen MR) is 101 cm³/mol. The Bertz CT molecular complexity index is 665. The molecule has 1 aliphatic rings. The Morgan fingerprint density at radius 3 is 2.56 bits per heavy atom. The number of piperazine rings is 1. The maximum Gasteiger partial charge on any atom is 0.234 e. The molecule has 0 spiro atoms. The van der Waals surface area contributed by atoms with E-state index >= 15 is 0 Å². The second-order valence-electron chi connectivity index (χ2n) is 6.40. The summed E-state index contributed by atoms with van der Waals surface area (Å²) in [6.45, 7) is 8.00. The summed E-state index contributed by atoms with van der Waals surface area (Å²) in [6, 6.07) is 10.0. The van der Waals surface area contributed by atoms with Crippen molar-refractivity contribution in [3.05, 3.63) is 52.0 Å². The van der Waals surface area contributed by atoms with Crippen molar-refractivity contribution < 1.29 is 4.79 Å². The SMILES string of the molecule is CCc1nc(CN2CCN(CC(=O)NCc3ccccc3)CC2)cs1. The van der Waals surface area contributed by atoms with E-state index in [0.29, 0.717) is 13.1 Å². The topological polar surface area (TPSA) is 48.5 Å². The molecule has 3 rings (SSSR count). The van der Waals surface area contributed by atoms with Crippen molar-refractivity contribution in [2.24, 2.45) is 0 Å². The highest BCUT2D eigenvalue weighted by atomic mass is 32.1. The molecule has 1 saturated heterocycles. The van der Waals surface area contributed by atoms with Crippen LogP contribution >= 0.6 is 11.3 Å². The molecular formula is C19H26N4OS. The molecular weight excluding hydrogens is 332 g/mol. The summed E-state index contributed by atoms with van der Waals surface area (Å²) >= 11 is 1.75. The van der Waals surface area contributed by atoms with Crippen LogP contribution in [0.3, 0.4) is 0 Å². The second-order valence-corrected chi connectivity index (χ2v) is 7.34. The molecule has 1 N–H and O–H groups in total. The minimum atomic E-state index is 0.101. The normalized spacial score (nSPS) is 16.0. The fraction of sp³-hybridized carbons (Fsp3) is 0.474. The van der Waals surface area contributed by atoms with Crippen LogP contribution in [0.2, 0.25) is 0 Å². The molecule has 1 aromatic carbocycles. The van der Waals surface area contributed by atoms with Gasteiger partial charge in [-0.25, -0.2) is 4.98 Å². The molecule has 2 heterocycles. The van der Waals surface area contributed by atoms with Gasteiger partial charge in [0.1, 0.15) is 0 Å². The first-order valence-electron chi connectivity index (χ1n) is 8.91. The molecule has 1 amide bonds. The Morgan fingerprint density at radius 2 is 1.88 bits per heavy atom. The summed E-state index contributed by atoms with van der Waals surface area (Å²) in [5.74, 6) is 0.101. The smallest absolute Gasteiger partial charge is 0.234 e. The van der Waals surface area contributed by atoms with Crippen LogP contribution in [-0.4, -0.2) is 53.4 Å². The van der Waals surface area contributed by atoms with Crippen LogP contribution in [0, 0.1) is 0 Å². The van der Waals surface area contributed by atoms with Crippen molar-refractivity contribution in [2.45, 2.75) is 26.4 Å². The minimum Gasteiger partial charge on any atom is -0.351 e. The summed E-state index contributed by atoms with van der Waals surface area (Å²) in [5, 5.41) is 6.38. The van der Waals surface area contributed by atoms with Gasteiger partial charge in [-0.3, -0.25) is 14.6 Å². The molecule has 0 saturated carbocycles. The van der Waals surface area contributed by atoms with Gasteiger partial charge in [-0.15, -0.1) is 11.3 Å². The third-order valence-electron chi connectivity index (χ3n) is 4.45. The number of carbonyl (C=O) groups is 1. The lowest BCUT2D eigenvalue weighted by atomic mass is 10.2. The average Bonchev–Trinajstić information content (AvgIpc) is 3.10. The first-order chi connectivity index (χ1) is 12.2. The summed E-state index contributed by atoms with van der Waals surface area (Å²) in [5.41, 5.74) is 2.31. The van der Waals surface area contributed by atoms with Gasteiger partial charge in [0.15, 0.2) is 0 Å². The number of nitrogens with zero attached hydrogens (tertiary/aromatic N) is 3. The monoisotopic (exact) mass is 358 g/mol. The lowest BCUT2D eigenvalue weighted by molar-refractivity contribution is -0.122. The van der Waals surface area contributed by atoms with Crippen molar-refractivity contribution in [3.8, 4) is 0 Å². The fourth-order valence-corrected chi connectivity index (χ4v) is 3.71. The Labute approximate surface area is 153 Å². The van der Waals surface area contributed by atoms with Gasteiger partial charge in [-0.2, -0.15) is 0 Å². The van der Waals surface area contributed by atoms with Crippen molar-refractivity contribution in [2.75, 3.05) is 32.7 Å². The van der Waals surface area contributed by atoms with E-state index in [-0.39, 0.29) is 5.91 Å². The number of rotatable bonds is 7. The van der Waals surface area contributed by atoms with E-state index in [9.17, 15) is 4.79 Å². The quantitative estimate of drug-likeness (QED) is 0.824. The predicted octanol–water partition coefficient (Wildman–Crippen LogP) is 2.14. The summed E-state index contributed by atoms with van der Waals surface area (Å²) in [4.78, 5) is 21.4. The van der Waals surface area contributed by atoms with Crippen LogP contribution in [0.5, 0.6) is 0 Å². The average molecular weight is 359 g/mol. The summed E-state index contributed by atoms with van der Waals surface area (Å²) in [7, 11) is 0. The molecule has 0 unspecified atom stereocenters. The van der Waals surface area contributed by atoms with Gasteiger partial charge in [0.25, 0.3) is 0 Å². The number of hydrogen-bond donors (Lipinski definition) is 1. The maximum atomic E-state index is 12.1. The summed E-state index contributed by atoms with van der Waals surface area (Å²) < 4.78 is 0. The molecule has 1 aliphatic heterocycles. The number of benzene rings is 1. The van der Waals surface area contributed by atoms with Crippen molar-refractivity contribution >= 4 is 17.2 Å². The molecule has 0 atom stereocenters. The van der Waals surface area contributed by atoms with Gasteiger partial charge < -0.3 is 5.32 Å². The number of nitrogens with one attached hydrogen (secondary N) is 1. The molecule has 2 aromatic rings. The van der Waals surface area contributed by atoms with Crippen LogP contribution in [0.25, 0.3) is 0 Å². The van der Waals surface area contributed by atoms with Gasteiger partial charge >= 0.3 is 0 Å². The van der Waals surface area contributed by atoms with Gasteiger partial charge in [-0.1, -0.05) is 37.3 Å². The molecule has 1 aromatic heterocycles. The van der Waals surface area contributed by atoms with Crippen molar-refractivity contribution in [3.63, 3.8) is 0 Å². The fourth-order valence-electron chi connectivity index (χ4n) is 2.97. The van der Waals surface area contributed by atoms with E-state index in [0.717, 1.165) is 44.7 Å². The third-order valence-corrected chi connectivity index (χ3v) is 5.49. The van der Waals surface area contributed by atoms with Gasteiger partial charge in [0, 0.05) is 44.6 Å². The Balaban J connectivity index is 1.36. The van der Waals surface area contributed by atoms with E-state index in [2.05, 4.69) is 32.4 Å². The minimum absolute atomic E-state index is 0.101. The van der Waals surface area contributed by atoms with Gasteiger partial charge in [0.2, 0.25) is 5.91 Å². The first-order valence-corrected chi connectivity index (χ1v) is 9.79. The van der Waals surface area contributed by atoms with Gasteiger partial charge in [0.05, 0.1) is 17.2 Å². The van der Waals surface area contributed by atoms with E-state index < -0.39 is 0 Å². The summed E-state index contributed by atoms with van der Waals surface area (Å²) in [6.07, 6.45) is 1.01. The zero-order valence-corrected chi connectivity index (χ0v) is 15.6. The zero-order valence-electron chi connectivity index (χ0n) is 14.8. The second kappa shape index (κ2) is 9.08. The van der Waals surface area contributed by atoms with Crippen LogP contribution in [0.15, 0.2) is 35.7 Å². The van der Waals surface area contributed by atoms with E-state index in [4.69, 9.17) is 0 Å². The number of carbonyl (C=O) groups excluding carboxylic acids is 1. The number of aromatic nitrogens is 1. The molecule has 1 fully saturated rings. The number of aryl methyl sites for hydroxylation is 1. The van der Waals surface area contributed by atoms with Crippen LogP contribution in [0.4, 0.5) is 0 Å². The highest BCUT2D eigenvalue weighted by Crippen LogP contribution is 2.13. The van der Waals surface area contributed by atoms with Crippen LogP contribution in [0.1, 0.15) is 23.2 Å². The van der Waals surface area contributed by atoms with Crippen molar-refractivity contribution in [1.82, 2.24) is 20.1 Å². The van der Waals surface area contributed by atoms with E-state index in [1.807, 2.05) is 30.3 Å². The van der Waals surface area contributed by atoms with Crippen LogP contribution < -0.4 is 5.32 Å². The number of hydrogen-bond acceptors (Lipinski definition) is 5. The number of amides is 1. The third kappa shape index (κ3) is 5.63. The largest absolute Gasteiger partial charge is 0.351 e. The molecule has 25 heavy (non-hydrogen) atoms. The standard InChI is InChI=1S/C19H26N4OS/c1-2-19-21-17(15-25-19)13-22-8-10-23(11-9-22)14-18(24)20-12-16-6-4-3-5-7-16/h3-7,15H,2,8-14H2,1H3,(H,20,24). The number of thiazole rings is 1. The van der Waals surface area contributed by atoms with Gasteiger partial charge in [-0.05, 0) is 12.0 Å². The van der Waals surface area contributed by atoms with Crippen LogP contribution in [-0.2, 0) is 24.3 Å². The lowest BCUT2D eigenvalue weighted by Gasteiger charge is -2.33. The molecule has 134 valence electrons. The maximum absolute atomic E-state index is 12.1.